The van der Waals surface area contributed by atoms with Crippen LogP contribution >= 0.6 is 15.9 Å². The number of rotatable bonds is 3. The topological polar surface area (TPSA) is 89.2 Å². The van der Waals surface area contributed by atoms with Crippen LogP contribution in [0.5, 0.6) is 5.75 Å². The Hall–Kier alpha value is -1.97. The number of nitrogens with two attached hydrogens (primary N) is 2. The quantitative estimate of drug-likeness (QED) is 0.762. The van der Waals surface area contributed by atoms with E-state index in [4.69, 9.17) is 16.2 Å². The number of alkyl halides is 3. The lowest BCUT2D eigenvalue weighted by Gasteiger charge is -2.46. The number of hydrogen-bond acceptors (Lipinski definition) is 6. The number of para-hydroxylation sites is 1. The van der Waals surface area contributed by atoms with Crippen LogP contribution in [0.1, 0.15) is 32.1 Å². The highest BCUT2D eigenvalue weighted by Crippen LogP contribution is 2.45. The normalized spacial score (nSPS) is 19.9. The van der Waals surface area contributed by atoms with Crippen LogP contribution in [-0.2, 0) is 0 Å². The van der Waals surface area contributed by atoms with Crippen molar-refractivity contribution in [2.75, 3.05) is 11.5 Å². The van der Waals surface area contributed by atoms with Gasteiger partial charge in [-0.2, -0.15) is 18.2 Å². The number of hydrogen-bond donors (Lipinski definition) is 2. The first-order valence-corrected chi connectivity index (χ1v) is 8.99. The number of nitrogens with zero attached hydrogens (tertiary/aromatic N) is 3. The smallest absolute Gasteiger partial charge is 0.422 e. The highest BCUT2D eigenvalue weighted by atomic mass is 79.9. The van der Waals surface area contributed by atoms with Crippen LogP contribution in [0.2, 0.25) is 0 Å². The van der Waals surface area contributed by atoms with Crippen LogP contribution in [0.4, 0.5) is 18.9 Å². The number of aliphatic imine (C=N–C) groups is 2. The van der Waals surface area contributed by atoms with Gasteiger partial charge in [-0.3, -0.25) is 4.90 Å². The Labute approximate surface area is 157 Å². The van der Waals surface area contributed by atoms with Gasteiger partial charge in [0.15, 0.2) is 6.61 Å². The fourth-order valence-electron chi connectivity index (χ4n) is 3.43. The van der Waals surface area contributed by atoms with Gasteiger partial charge in [0.05, 0.1) is 0 Å². The maximum atomic E-state index is 12.7. The molecule has 26 heavy (non-hydrogen) atoms. The highest BCUT2D eigenvalue weighted by Gasteiger charge is 2.44. The first-order chi connectivity index (χ1) is 12.2. The predicted molar refractivity (Wildman–Crippen MR) is 97.2 cm³/mol. The molecule has 0 saturated heterocycles. The molecule has 1 aromatic carbocycles. The summed E-state index contributed by atoms with van der Waals surface area (Å²) in [5.41, 5.74) is 11.6. The molecule has 0 atom stereocenters. The third kappa shape index (κ3) is 3.74. The van der Waals surface area contributed by atoms with Crippen molar-refractivity contribution in [1.82, 2.24) is 0 Å². The molecule has 10 heteroatoms. The van der Waals surface area contributed by atoms with E-state index < -0.39 is 18.4 Å². The van der Waals surface area contributed by atoms with Crippen molar-refractivity contribution in [2.45, 2.75) is 43.9 Å². The summed E-state index contributed by atoms with van der Waals surface area (Å²) in [5.74, 6) is 0.212. The van der Waals surface area contributed by atoms with E-state index in [-0.39, 0.29) is 17.7 Å². The Kier molecular flexibility index (Phi) is 5.05. The standard InChI is InChI=1S/C16H19BrF3N5O/c17-10-5-4-6-11(26-9-16(18,19)20)12(10)25-14(22)23-13(21)24-15(25)7-2-1-3-8-15/h4-6H,1-3,7-9H2,(H4,21,22,23,24). The molecule has 2 aliphatic rings. The molecule has 0 amide bonds. The van der Waals surface area contributed by atoms with Gasteiger partial charge < -0.3 is 16.2 Å². The zero-order valence-corrected chi connectivity index (χ0v) is 15.5. The summed E-state index contributed by atoms with van der Waals surface area (Å²) in [5, 5.41) is 0. The summed E-state index contributed by atoms with van der Waals surface area (Å²) in [6, 6.07) is 4.78. The zero-order chi connectivity index (χ0) is 18.9. The van der Waals surface area contributed by atoms with Crippen molar-refractivity contribution in [2.24, 2.45) is 21.5 Å². The van der Waals surface area contributed by atoms with Crippen LogP contribution in [0.15, 0.2) is 32.7 Å². The molecule has 1 heterocycles. The molecule has 1 aromatic rings. The van der Waals surface area contributed by atoms with E-state index in [1.165, 1.54) is 6.07 Å². The van der Waals surface area contributed by atoms with Crippen LogP contribution in [-0.4, -0.2) is 30.4 Å². The molecule has 6 nitrogen and oxygen atoms in total. The highest BCUT2D eigenvalue weighted by molar-refractivity contribution is 9.10. The first-order valence-electron chi connectivity index (χ1n) is 8.20. The lowest BCUT2D eigenvalue weighted by molar-refractivity contribution is -0.153. The van der Waals surface area contributed by atoms with E-state index in [0.29, 0.717) is 23.0 Å². The van der Waals surface area contributed by atoms with Gasteiger partial charge in [0.25, 0.3) is 0 Å². The van der Waals surface area contributed by atoms with Gasteiger partial charge in [0.1, 0.15) is 17.1 Å². The summed E-state index contributed by atoms with van der Waals surface area (Å²) in [4.78, 5) is 10.2. The lowest BCUT2D eigenvalue weighted by atomic mass is 9.87. The van der Waals surface area contributed by atoms with E-state index in [2.05, 4.69) is 25.9 Å². The Morgan fingerprint density at radius 2 is 1.88 bits per heavy atom. The molecule has 0 bridgehead atoms. The third-order valence-corrected chi connectivity index (χ3v) is 5.06. The molecule has 4 N–H and O–H groups in total. The van der Waals surface area contributed by atoms with Crippen molar-refractivity contribution in [1.29, 1.82) is 0 Å². The maximum absolute atomic E-state index is 12.7. The first kappa shape index (κ1) is 18.8. The number of ether oxygens (including phenoxy) is 1. The summed E-state index contributed by atoms with van der Waals surface area (Å²) in [7, 11) is 0. The summed E-state index contributed by atoms with van der Waals surface area (Å²) >= 11 is 3.40. The van der Waals surface area contributed by atoms with Crippen LogP contribution < -0.4 is 21.1 Å². The number of anilines is 1. The molecular weight excluding hydrogens is 415 g/mol. The van der Waals surface area contributed by atoms with Crippen LogP contribution in [0.25, 0.3) is 0 Å². The van der Waals surface area contributed by atoms with Crippen molar-refractivity contribution < 1.29 is 17.9 Å². The van der Waals surface area contributed by atoms with Gasteiger partial charge in [-0.25, -0.2) is 4.99 Å². The predicted octanol–water partition coefficient (Wildman–Crippen LogP) is 3.50. The van der Waals surface area contributed by atoms with Crippen molar-refractivity contribution >= 4 is 33.5 Å². The molecule has 1 saturated carbocycles. The average Bonchev–Trinajstić information content (AvgIpc) is 2.54. The molecule has 0 radical (unpaired) electrons. The molecule has 0 unspecified atom stereocenters. The molecule has 1 spiro atoms. The summed E-state index contributed by atoms with van der Waals surface area (Å²) in [6.07, 6.45) is -0.247. The molecule has 1 fully saturated rings. The largest absolute Gasteiger partial charge is 0.482 e. The molecule has 1 aliphatic heterocycles. The zero-order valence-electron chi connectivity index (χ0n) is 13.9. The minimum Gasteiger partial charge on any atom is -0.482 e. The second-order valence-electron chi connectivity index (χ2n) is 6.31. The van der Waals surface area contributed by atoms with Crippen molar-refractivity contribution in [3.8, 4) is 5.75 Å². The molecule has 1 aliphatic carbocycles. The average molecular weight is 434 g/mol. The van der Waals surface area contributed by atoms with Gasteiger partial charge in [-0.15, -0.1) is 0 Å². The SMILES string of the molecule is NC1=NC2(CCCCC2)N(c2c(Br)cccc2OCC(F)(F)F)C(N)=N1. The fraction of sp³-hybridized carbons (Fsp3) is 0.500. The third-order valence-electron chi connectivity index (χ3n) is 4.42. The van der Waals surface area contributed by atoms with Gasteiger partial charge in [-0.1, -0.05) is 12.5 Å². The Balaban J connectivity index is 2.07. The Morgan fingerprint density at radius 3 is 2.54 bits per heavy atom. The van der Waals surface area contributed by atoms with Gasteiger partial charge in [-0.05, 0) is 53.7 Å². The van der Waals surface area contributed by atoms with E-state index >= 15 is 0 Å². The minimum absolute atomic E-state index is 0.0514. The monoisotopic (exact) mass is 433 g/mol. The van der Waals surface area contributed by atoms with E-state index in [1.807, 2.05) is 0 Å². The van der Waals surface area contributed by atoms with Crippen LogP contribution in [0.3, 0.4) is 0 Å². The van der Waals surface area contributed by atoms with E-state index in [1.54, 1.807) is 17.0 Å². The molecule has 3 rings (SSSR count). The lowest BCUT2D eigenvalue weighted by Crippen LogP contribution is -2.58. The Morgan fingerprint density at radius 1 is 1.19 bits per heavy atom. The molecule has 142 valence electrons. The van der Waals surface area contributed by atoms with E-state index in [0.717, 1.165) is 19.3 Å². The van der Waals surface area contributed by atoms with Crippen molar-refractivity contribution in [3.05, 3.63) is 22.7 Å². The second kappa shape index (κ2) is 6.98. The molecular formula is C16H19BrF3N5O. The minimum atomic E-state index is -4.45. The number of halogens is 4. The summed E-state index contributed by atoms with van der Waals surface area (Å²) in [6.45, 7) is -1.40. The van der Waals surface area contributed by atoms with E-state index in [9.17, 15) is 13.2 Å². The Bertz CT molecular complexity index is 744. The summed E-state index contributed by atoms with van der Waals surface area (Å²) < 4.78 is 43.6. The van der Waals surface area contributed by atoms with Crippen molar-refractivity contribution in [3.63, 3.8) is 0 Å². The number of guanidine groups is 2. The van der Waals surface area contributed by atoms with Gasteiger partial charge >= 0.3 is 6.18 Å². The molecule has 0 aromatic heterocycles. The van der Waals surface area contributed by atoms with Gasteiger partial charge in [0.2, 0.25) is 11.9 Å². The fourth-order valence-corrected chi connectivity index (χ4v) is 3.96. The number of benzene rings is 1. The van der Waals surface area contributed by atoms with Crippen LogP contribution in [0, 0.1) is 0 Å². The maximum Gasteiger partial charge on any atom is 0.422 e. The second-order valence-corrected chi connectivity index (χ2v) is 7.16. The van der Waals surface area contributed by atoms with Gasteiger partial charge in [0, 0.05) is 4.47 Å².